The Kier molecular flexibility index (Phi) is 6.20. The third-order valence-electron chi connectivity index (χ3n) is 3.18. The summed E-state index contributed by atoms with van der Waals surface area (Å²) in [5, 5.41) is 22.1. The third kappa shape index (κ3) is 5.07. The molecule has 3 nitrogen and oxygen atoms in total. The van der Waals surface area contributed by atoms with Gasteiger partial charge in [-0.2, -0.15) is 0 Å². The van der Waals surface area contributed by atoms with E-state index in [0.717, 1.165) is 5.56 Å². The number of nitrogens with one attached hydrogen (secondary N) is 1. The molecule has 0 aliphatic heterocycles. The Hall–Kier alpha value is -0.680. The lowest BCUT2D eigenvalue weighted by molar-refractivity contribution is 0.0678. The molecule has 0 saturated heterocycles. The Balaban J connectivity index is 2.53. The summed E-state index contributed by atoms with van der Waals surface area (Å²) >= 11 is 5.97. The standard InChI is InChI=1S/C14H21ClFNO2/c1-10(17-7-14(2,8-18)9-19)5-11-3-4-12(16)6-13(11)15/h3-4,6,10,17-19H,5,7-9H2,1-2H3. The summed E-state index contributed by atoms with van der Waals surface area (Å²) in [5.74, 6) is -0.345. The van der Waals surface area contributed by atoms with Crippen LogP contribution in [0, 0.1) is 11.2 Å². The van der Waals surface area contributed by atoms with Gasteiger partial charge >= 0.3 is 0 Å². The molecule has 0 saturated carbocycles. The molecule has 1 rings (SSSR count). The van der Waals surface area contributed by atoms with Crippen molar-refractivity contribution in [1.29, 1.82) is 0 Å². The topological polar surface area (TPSA) is 52.5 Å². The first-order chi connectivity index (χ1) is 8.90. The summed E-state index contributed by atoms with van der Waals surface area (Å²) < 4.78 is 12.9. The largest absolute Gasteiger partial charge is 0.396 e. The van der Waals surface area contributed by atoms with Crippen LogP contribution >= 0.6 is 11.6 Å². The number of aliphatic hydroxyl groups is 2. The maximum absolute atomic E-state index is 12.9. The van der Waals surface area contributed by atoms with Gasteiger partial charge in [0.2, 0.25) is 0 Å². The Morgan fingerprint density at radius 3 is 2.53 bits per heavy atom. The van der Waals surface area contributed by atoms with E-state index < -0.39 is 5.41 Å². The fourth-order valence-corrected chi connectivity index (χ4v) is 1.92. The summed E-state index contributed by atoms with van der Waals surface area (Å²) in [4.78, 5) is 0. The van der Waals surface area contributed by atoms with Gasteiger partial charge in [0.15, 0.2) is 0 Å². The van der Waals surface area contributed by atoms with E-state index in [1.165, 1.54) is 12.1 Å². The van der Waals surface area contributed by atoms with Crippen molar-refractivity contribution in [1.82, 2.24) is 5.32 Å². The molecular formula is C14H21ClFNO2. The summed E-state index contributed by atoms with van der Waals surface area (Å²) in [6, 6.07) is 4.47. The van der Waals surface area contributed by atoms with Crippen LogP contribution in [0.4, 0.5) is 4.39 Å². The van der Waals surface area contributed by atoms with Crippen molar-refractivity contribution in [3.63, 3.8) is 0 Å². The minimum Gasteiger partial charge on any atom is -0.396 e. The molecule has 0 heterocycles. The molecule has 1 atom stereocenters. The van der Waals surface area contributed by atoms with Crippen molar-refractivity contribution in [3.05, 3.63) is 34.6 Å². The number of halogens is 2. The van der Waals surface area contributed by atoms with Crippen molar-refractivity contribution in [3.8, 4) is 0 Å². The lowest BCUT2D eigenvalue weighted by Gasteiger charge is -2.27. The highest BCUT2D eigenvalue weighted by atomic mass is 35.5. The quantitative estimate of drug-likeness (QED) is 0.719. The van der Waals surface area contributed by atoms with Crippen molar-refractivity contribution in [2.24, 2.45) is 5.41 Å². The predicted octanol–water partition coefficient (Wildman–Crippen LogP) is 1.99. The molecule has 0 aliphatic carbocycles. The number of rotatable bonds is 7. The van der Waals surface area contributed by atoms with Gasteiger partial charge in [-0.15, -0.1) is 0 Å². The van der Waals surface area contributed by atoms with Crippen LogP contribution in [-0.4, -0.2) is 36.0 Å². The van der Waals surface area contributed by atoms with Crippen LogP contribution in [0.2, 0.25) is 5.02 Å². The van der Waals surface area contributed by atoms with Gasteiger partial charge in [-0.05, 0) is 31.0 Å². The second-order valence-corrected chi connectivity index (χ2v) is 5.76. The molecule has 1 aromatic rings. The highest BCUT2D eigenvalue weighted by Gasteiger charge is 2.22. The van der Waals surface area contributed by atoms with Crippen molar-refractivity contribution < 1.29 is 14.6 Å². The van der Waals surface area contributed by atoms with Crippen LogP contribution in [0.5, 0.6) is 0 Å². The first-order valence-corrected chi connectivity index (χ1v) is 6.67. The average Bonchev–Trinajstić information content (AvgIpc) is 2.39. The van der Waals surface area contributed by atoms with Crippen LogP contribution in [0.3, 0.4) is 0 Å². The average molecular weight is 290 g/mol. The van der Waals surface area contributed by atoms with Gasteiger partial charge in [-0.25, -0.2) is 4.39 Å². The Morgan fingerprint density at radius 1 is 1.37 bits per heavy atom. The van der Waals surface area contributed by atoms with Gasteiger partial charge in [-0.1, -0.05) is 24.6 Å². The van der Waals surface area contributed by atoms with E-state index in [0.29, 0.717) is 18.0 Å². The summed E-state index contributed by atoms with van der Waals surface area (Å²) in [7, 11) is 0. The monoisotopic (exact) mass is 289 g/mol. The van der Waals surface area contributed by atoms with Crippen LogP contribution in [0.25, 0.3) is 0 Å². The van der Waals surface area contributed by atoms with Gasteiger partial charge in [0, 0.05) is 23.0 Å². The molecule has 3 N–H and O–H groups in total. The zero-order valence-electron chi connectivity index (χ0n) is 11.3. The van der Waals surface area contributed by atoms with Crippen LogP contribution < -0.4 is 5.32 Å². The van der Waals surface area contributed by atoms with E-state index in [2.05, 4.69) is 5.32 Å². The fourth-order valence-electron chi connectivity index (χ4n) is 1.67. The fraction of sp³-hybridized carbons (Fsp3) is 0.571. The first-order valence-electron chi connectivity index (χ1n) is 6.29. The first kappa shape index (κ1) is 16.4. The molecule has 5 heteroatoms. The number of hydrogen-bond donors (Lipinski definition) is 3. The minimum atomic E-state index is -0.541. The molecule has 0 amide bonds. The zero-order chi connectivity index (χ0) is 14.5. The molecule has 0 aliphatic rings. The SMILES string of the molecule is CC(Cc1ccc(F)cc1Cl)NCC(C)(CO)CO. The van der Waals surface area contributed by atoms with E-state index in [4.69, 9.17) is 11.6 Å². The van der Waals surface area contributed by atoms with Crippen LogP contribution in [-0.2, 0) is 6.42 Å². The van der Waals surface area contributed by atoms with Gasteiger partial charge in [0.25, 0.3) is 0 Å². The van der Waals surface area contributed by atoms with Gasteiger partial charge in [0.05, 0.1) is 13.2 Å². The lowest BCUT2D eigenvalue weighted by atomic mass is 9.92. The smallest absolute Gasteiger partial charge is 0.124 e. The second-order valence-electron chi connectivity index (χ2n) is 5.35. The van der Waals surface area contributed by atoms with E-state index in [9.17, 15) is 14.6 Å². The molecule has 0 spiro atoms. The third-order valence-corrected chi connectivity index (χ3v) is 3.53. The molecule has 0 radical (unpaired) electrons. The maximum atomic E-state index is 12.9. The van der Waals surface area contributed by atoms with Gasteiger partial charge in [0.1, 0.15) is 5.82 Å². The lowest BCUT2D eigenvalue weighted by Crippen LogP contribution is -2.42. The Bertz CT molecular complexity index is 410. The summed E-state index contributed by atoms with van der Waals surface area (Å²) in [6.07, 6.45) is 0.659. The molecular weight excluding hydrogens is 269 g/mol. The van der Waals surface area contributed by atoms with Gasteiger partial charge in [-0.3, -0.25) is 0 Å². The molecule has 1 unspecified atom stereocenters. The summed E-state index contributed by atoms with van der Waals surface area (Å²) in [6.45, 7) is 4.12. The maximum Gasteiger partial charge on any atom is 0.124 e. The molecule has 0 fully saturated rings. The van der Waals surface area contributed by atoms with Gasteiger partial charge < -0.3 is 15.5 Å². The molecule has 0 bridgehead atoms. The molecule has 108 valence electrons. The number of hydrogen-bond acceptors (Lipinski definition) is 3. The Morgan fingerprint density at radius 2 is 2.00 bits per heavy atom. The predicted molar refractivity (Wildman–Crippen MR) is 74.9 cm³/mol. The normalized spacial score (nSPS) is 13.6. The Labute approximate surface area is 118 Å². The highest BCUT2D eigenvalue weighted by Crippen LogP contribution is 2.19. The number of benzene rings is 1. The van der Waals surface area contributed by atoms with E-state index in [1.807, 2.05) is 6.92 Å². The summed E-state index contributed by atoms with van der Waals surface area (Å²) in [5.41, 5.74) is 0.332. The van der Waals surface area contributed by atoms with E-state index in [1.54, 1.807) is 13.0 Å². The van der Waals surface area contributed by atoms with E-state index >= 15 is 0 Å². The van der Waals surface area contributed by atoms with Crippen molar-refractivity contribution in [2.45, 2.75) is 26.3 Å². The molecule has 19 heavy (non-hydrogen) atoms. The van der Waals surface area contributed by atoms with Crippen molar-refractivity contribution in [2.75, 3.05) is 19.8 Å². The highest BCUT2D eigenvalue weighted by molar-refractivity contribution is 6.31. The van der Waals surface area contributed by atoms with E-state index in [-0.39, 0.29) is 25.1 Å². The van der Waals surface area contributed by atoms with Crippen LogP contribution in [0.15, 0.2) is 18.2 Å². The molecule has 1 aromatic carbocycles. The molecule has 0 aromatic heterocycles. The van der Waals surface area contributed by atoms with Crippen molar-refractivity contribution >= 4 is 11.6 Å². The van der Waals surface area contributed by atoms with Crippen LogP contribution in [0.1, 0.15) is 19.4 Å². The second kappa shape index (κ2) is 7.20. The minimum absolute atomic E-state index is 0.0828. The number of aliphatic hydroxyl groups excluding tert-OH is 2. The zero-order valence-corrected chi connectivity index (χ0v) is 12.0.